The minimum Gasteiger partial charge on any atom is -0.294 e. The molecule has 0 aliphatic rings. The Kier molecular flexibility index (Phi) is 4.80. The monoisotopic (exact) mass is 250 g/mol. The van der Waals surface area contributed by atoms with Crippen LogP contribution in [0.15, 0.2) is 12.1 Å². The molecule has 0 atom stereocenters. The second kappa shape index (κ2) is 5.89. The molecule has 0 aliphatic heterocycles. The molecule has 1 aromatic carbocycles. The van der Waals surface area contributed by atoms with Gasteiger partial charge in [0.25, 0.3) is 0 Å². The van der Waals surface area contributed by atoms with Crippen LogP contribution in [0.5, 0.6) is 0 Å². The third kappa shape index (κ3) is 3.23. The topological polar surface area (TPSA) is 17.1 Å². The second-order valence-electron chi connectivity index (χ2n) is 3.32. The number of ketones is 1. The van der Waals surface area contributed by atoms with Crippen molar-refractivity contribution in [1.82, 2.24) is 0 Å². The molecule has 1 rings (SSSR count). The molecule has 0 radical (unpaired) electrons. The maximum atomic E-state index is 13.1. The Morgan fingerprint density at radius 1 is 1.06 bits per heavy atom. The lowest BCUT2D eigenvalue weighted by molar-refractivity contribution is 0.0975. The zero-order valence-corrected chi connectivity index (χ0v) is 9.16. The van der Waals surface area contributed by atoms with Crippen molar-refractivity contribution in [3.8, 4) is 0 Å². The highest BCUT2D eigenvalue weighted by Crippen LogP contribution is 2.16. The second-order valence-corrected chi connectivity index (χ2v) is 3.69. The van der Waals surface area contributed by atoms with Gasteiger partial charge < -0.3 is 0 Å². The fourth-order valence-corrected chi connectivity index (χ4v) is 1.44. The zero-order chi connectivity index (χ0) is 12.1. The maximum Gasteiger partial charge on any atom is 0.165 e. The number of hydrogen-bond acceptors (Lipinski definition) is 1. The van der Waals surface area contributed by atoms with Crippen molar-refractivity contribution in [1.29, 1.82) is 0 Å². The van der Waals surface area contributed by atoms with Gasteiger partial charge in [-0.05, 0) is 18.9 Å². The summed E-state index contributed by atoms with van der Waals surface area (Å²) in [6.45, 7) is 0. The lowest BCUT2D eigenvalue weighted by atomic mass is 10.0. The molecule has 0 unspecified atom stereocenters. The molecular formula is C11H10ClF3O. The molecule has 0 bridgehead atoms. The van der Waals surface area contributed by atoms with Crippen molar-refractivity contribution in [2.75, 3.05) is 5.88 Å². The molecule has 0 aliphatic carbocycles. The van der Waals surface area contributed by atoms with Crippen LogP contribution in [0.1, 0.15) is 29.6 Å². The summed E-state index contributed by atoms with van der Waals surface area (Å²) in [4.78, 5) is 11.4. The average Bonchev–Trinajstić information content (AvgIpc) is 2.23. The first kappa shape index (κ1) is 13.0. The van der Waals surface area contributed by atoms with E-state index in [9.17, 15) is 18.0 Å². The van der Waals surface area contributed by atoms with E-state index < -0.39 is 28.8 Å². The predicted octanol–water partition coefficient (Wildman–Crippen LogP) is 3.70. The van der Waals surface area contributed by atoms with Gasteiger partial charge in [-0.1, -0.05) is 0 Å². The summed E-state index contributed by atoms with van der Waals surface area (Å²) in [6, 6.07) is 0.970. The largest absolute Gasteiger partial charge is 0.294 e. The summed E-state index contributed by atoms with van der Waals surface area (Å²) in [5.74, 6) is -3.68. The molecule has 1 aromatic rings. The number of benzene rings is 1. The smallest absolute Gasteiger partial charge is 0.165 e. The van der Waals surface area contributed by atoms with Gasteiger partial charge in [0.05, 0.1) is 5.56 Å². The van der Waals surface area contributed by atoms with Crippen molar-refractivity contribution in [2.45, 2.75) is 19.3 Å². The highest BCUT2D eigenvalue weighted by molar-refractivity contribution is 6.17. The first-order valence-corrected chi connectivity index (χ1v) is 5.33. The number of Topliss-reactive ketones (excluding diaryl/α,β-unsaturated/α-hetero) is 1. The highest BCUT2D eigenvalue weighted by Gasteiger charge is 2.15. The molecule has 88 valence electrons. The number of hydrogen-bond donors (Lipinski definition) is 0. The van der Waals surface area contributed by atoms with E-state index in [1.165, 1.54) is 0 Å². The molecule has 0 N–H and O–H groups in total. The third-order valence-corrected chi connectivity index (χ3v) is 2.37. The molecule has 1 nitrogen and oxygen atoms in total. The van der Waals surface area contributed by atoms with Crippen molar-refractivity contribution in [2.24, 2.45) is 0 Å². The predicted molar refractivity (Wildman–Crippen MR) is 55.2 cm³/mol. The molecule has 0 saturated heterocycles. The summed E-state index contributed by atoms with van der Waals surface area (Å²) in [5.41, 5.74) is -0.409. The van der Waals surface area contributed by atoms with Crippen molar-refractivity contribution in [3.63, 3.8) is 0 Å². The average molecular weight is 251 g/mol. The van der Waals surface area contributed by atoms with Crippen LogP contribution >= 0.6 is 11.6 Å². The molecule has 0 saturated carbocycles. The van der Waals surface area contributed by atoms with Crippen LogP contribution in [0.3, 0.4) is 0 Å². The Bertz CT molecular complexity index is 393. The van der Waals surface area contributed by atoms with E-state index in [0.717, 1.165) is 0 Å². The van der Waals surface area contributed by atoms with E-state index >= 15 is 0 Å². The fraction of sp³-hybridized carbons (Fsp3) is 0.364. The Balaban J connectivity index is 2.79. The number of rotatable bonds is 5. The fourth-order valence-electron chi connectivity index (χ4n) is 1.25. The molecule has 0 aromatic heterocycles. The molecule has 0 amide bonds. The van der Waals surface area contributed by atoms with Gasteiger partial charge >= 0.3 is 0 Å². The summed E-state index contributed by atoms with van der Waals surface area (Å²) >= 11 is 5.41. The number of unbranched alkanes of at least 4 members (excludes halogenated alkanes) is 1. The van der Waals surface area contributed by atoms with E-state index in [1.54, 1.807) is 0 Å². The van der Waals surface area contributed by atoms with Gasteiger partial charge in [-0.25, -0.2) is 13.2 Å². The van der Waals surface area contributed by atoms with Gasteiger partial charge in [0.15, 0.2) is 17.4 Å². The number of alkyl halides is 1. The Morgan fingerprint density at radius 2 is 1.69 bits per heavy atom. The van der Waals surface area contributed by atoms with Gasteiger partial charge in [-0.3, -0.25) is 4.79 Å². The molecule has 0 spiro atoms. The van der Waals surface area contributed by atoms with Gasteiger partial charge in [0.2, 0.25) is 0 Å². The van der Waals surface area contributed by atoms with E-state index in [-0.39, 0.29) is 6.42 Å². The number of halogens is 4. The zero-order valence-electron chi connectivity index (χ0n) is 8.40. The quantitative estimate of drug-likeness (QED) is 0.337. The van der Waals surface area contributed by atoms with Gasteiger partial charge in [0.1, 0.15) is 5.82 Å². The molecule has 0 heterocycles. The lowest BCUT2D eigenvalue weighted by Crippen LogP contribution is -2.04. The van der Waals surface area contributed by atoms with E-state index in [2.05, 4.69) is 0 Å². The van der Waals surface area contributed by atoms with Gasteiger partial charge in [-0.15, -0.1) is 11.6 Å². The summed E-state index contributed by atoms with van der Waals surface area (Å²) < 4.78 is 38.5. The summed E-state index contributed by atoms with van der Waals surface area (Å²) in [6.07, 6.45) is 1.20. The van der Waals surface area contributed by atoms with Crippen LogP contribution in [0.25, 0.3) is 0 Å². The molecule has 5 heteroatoms. The van der Waals surface area contributed by atoms with Crippen LogP contribution in [0, 0.1) is 17.5 Å². The number of carbonyl (C=O) groups excluding carboxylic acids is 1. The van der Waals surface area contributed by atoms with E-state index in [0.29, 0.717) is 30.9 Å². The van der Waals surface area contributed by atoms with Crippen LogP contribution in [-0.4, -0.2) is 11.7 Å². The van der Waals surface area contributed by atoms with E-state index in [4.69, 9.17) is 11.6 Å². The third-order valence-electron chi connectivity index (χ3n) is 2.10. The molecule has 16 heavy (non-hydrogen) atoms. The summed E-state index contributed by atoms with van der Waals surface area (Å²) in [5, 5.41) is 0. The standard InChI is InChI=1S/C11H10ClF3O/c12-4-2-1-3-11(16)7-5-9(14)10(15)6-8(7)13/h5-6H,1-4H2. The van der Waals surface area contributed by atoms with Crippen LogP contribution in [-0.2, 0) is 0 Å². The SMILES string of the molecule is O=C(CCCCCl)c1cc(F)c(F)cc1F. The van der Waals surface area contributed by atoms with Gasteiger partial charge in [-0.2, -0.15) is 0 Å². The van der Waals surface area contributed by atoms with Crippen molar-refractivity contribution < 1.29 is 18.0 Å². The lowest BCUT2D eigenvalue weighted by Gasteiger charge is -2.03. The highest BCUT2D eigenvalue weighted by atomic mass is 35.5. The Labute approximate surface area is 96.2 Å². The van der Waals surface area contributed by atoms with E-state index in [1.807, 2.05) is 0 Å². The Hall–Kier alpha value is -1.03. The van der Waals surface area contributed by atoms with Crippen LogP contribution in [0.2, 0.25) is 0 Å². The minimum absolute atomic E-state index is 0.0781. The first-order chi connectivity index (χ1) is 7.56. The van der Waals surface area contributed by atoms with Crippen molar-refractivity contribution >= 4 is 17.4 Å². The molecule has 0 fully saturated rings. The van der Waals surface area contributed by atoms with Crippen LogP contribution in [0.4, 0.5) is 13.2 Å². The summed E-state index contributed by atoms with van der Waals surface area (Å²) in [7, 11) is 0. The van der Waals surface area contributed by atoms with Gasteiger partial charge in [0, 0.05) is 18.4 Å². The maximum absolute atomic E-state index is 13.1. The molecular weight excluding hydrogens is 241 g/mol. The first-order valence-electron chi connectivity index (χ1n) is 4.80. The normalized spacial score (nSPS) is 10.5. The minimum atomic E-state index is -1.30. The van der Waals surface area contributed by atoms with Crippen LogP contribution < -0.4 is 0 Å². The van der Waals surface area contributed by atoms with Crippen molar-refractivity contribution in [3.05, 3.63) is 35.1 Å². The Morgan fingerprint density at radius 3 is 2.31 bits per heavy atom. The number of carbonyl (C=O) groups is 1.